The van der Waals surface area contributed by atoms with Gasteiger partial charge in [-0.25, -0.2) is 4.98 Å². The van der Waals surface area contributed by atoms with Crippen LogP contribution in [0.15, 0.2) is 30.4 Å². The maximum Gasteiger partial charge on any atom is 0.229 e. The van der Waals surface area contributed by atoms with E-state index >= 15 is 0 Å². The van der Waals surface area contributed by atoms with Crippen LogP contribution in [0.4, 0.5) is 5.13 Å². The molecule has 21 heavy (non-hydrogen) atoms. The average molecular weight is 302 g/mol. The van der Waals surface area contributed by atoms with Gasteiger partial charge >= 0.3 is 0 Å². The molecule has 0 radical (unpaired) electrons. The number of hydrogen-bond acceptors (Lipinski definition) is 4. The molecule has 0 saturated heterocycles. The molecule has 0 saturated carbocycles. The van der Waals surface area contributed by atoms with Gasteiger partial charge in [-0.05, 0) is 44.4 Å². The van der Waals surface area contributed by atoms with Crippen LogP contribution >= 0.6 is 11.3 Å². The Morgan fingerprint density at radius 3 is 3.14 bits per heavy atom. The Kier molecular flexibility index (Phi) is 4.20. The molecule has 1 atom stereocenters. The lowest BCUT2D eigenvalue weighted by Crippen LogP contribution is -2.23. The van der Waals surface area contributed by atoms with Gasteiger partial charge in [-0.2, -0.15) is 0 Å². The summed E-state index contributed by atoms with van der Waals surface area (Å²) in [6.07, 6.45) is 6.94. The Labute approximate surface area is 127 Å². The third kappa shape index (κ3) is 3.24. The van der Waals surface area contributed by atoms with Crippen molar-refractivity contribution in [3.05, 3.63) is 30.4 Å². The molecule has 3 rings (SSSR count). The van der Waals surface area contributed by atoms with Crippen LogP contribution in [0.2, 0.25) is 0 Å². The number of ether oxygens (including phenoxy) is 1. The standard InChI is InChI=1S/C16H18N2O2S/c1-2-20-12-8-9-13-14(10-12)21-16(17-13)18-15(19)11-6-4-3-5-7-11/h3-4,8-11H,2,5-7H2,1H3,(H,17,18,19)/t11-/m1/s1. The Morgan fingerprint density at radius 1 is 1.48 bits per heavy atom. The third-order valence-corrected chi connectivity index (χ3v) is 4.47. The lowest BCUT2D eigenvalue weighted by molar-refractivity contribution is -0.120. The number of nitrogens with one attached hydrogen (secondary N) is 1. The predicted molar refractivity (Wildman–Crippen MR) is 85.9 cm³/mol. The van der Waals surface area contributed by atoms with E-state index in [0.717, 1.165) is 35.2 Å². The molecule has 0 fully saturated rings. The number of carbonyl (C=O) groups excluding carboxylic acids is 1. The first kappa shape index (κ1) is 14.1. The molecule has 1 N–H and O–H groups in total. The molecule has 1 aliphatic rings. The molecule has 1 aliphatic carbocycles. The molecule has 1 aromatic carbocycles. The highest BCUT2D eigenvalue weighted by atomic mass is 32.1. The lowest BCUT2D eigenvalue weighted by atomic mass is 9.94. The number of carbonyl (C=O) groups is 1. The second-order valence-electron chi connectivity index (χ2n) is 5.05. The molecule has 0 aliphatic heterocycles. The lowest BCUT2D eigenvalue weighted by Gasteiger charge is -2.15. The first-order valence-corrected chi connectivity index (χ1v) is 8.07. The van der Waals surface area contributed by atoms with Crippen LogP contribution < -0.4 is 10.1 Å². The van der Waals surface area contributed by atoms with Gasteiger partial charge < -0.3 is 10.1 Å². The summed E-state index contributed by atoms with van der Waals surface area (Å²) in [5, 5.41) is 3.61. The first-order chi connectivity index (χ1) is 10.3. The van der Waals surface area contributed by atoms with Gasteiger partial charge in [0.1, 0.15) is 5.75 Å². The maximum absolute atomic E-state index is 12.2. The fraction of sp³-hybridized carbons (Fsp3) is 0.375. The minimum atomic E-state index is 0.0704. The average Bonchev–Trinajstić information content (AvgIpc) is 2.90. The molecule has 2 aromatic rings. The van der Waals surface area contributed by atoms with Gasteiger partial charge in [0.2, 0.25) is 5.91 Å². The van der Waals surface area contributed by atoms with E-state index in [2.05, 4.69) is 22.5 Å². The fourth-order valence-corrected chi connectivity index (χ4v) is 3.35. The first-order valence-electron chi connectivity index (χ1n) is 7.25. The quantitative estimate of drug-likeness (QED) is 0.869. The molecular formula is C16H18N2O2S. The van der Waals surface area contributed by atoms with E-state index in [1.165, 1.54) is 11.3 Å². The summed E-state index contributed by atoms with van der Waals surface area (Å²) in [6.45, 7) is 2.60. The molecular weight excluding hydrogens is 284 g/mol. The molecule has 0 bridgehead atoms. The largest absolute Gasteiger partial charge is 0.494 e. The van der Waals surface area contributed by atoms with Crippen LogP contribution in [-0.4, -0.2) is 17.5 Å². The molecule has 1 heterocycles. The Hall–Kier alpha value is -1.88. The molecule has 0 spiro atoms. The molecule has 0 unspecified atom stereocenters. The second-order valence-corrected chi connectivity index (χ2v) is 6.08. The summed E-state index contributed by atoms with van der Waals surface area (Å²) in [4.78, 5) is 16.7. The number of aromatic nitrogens is 1. The number of thiazole rings is 1. The van der Waals surface area contributed by atoms with Crippen molar-refractivity contribution in [1.82, 2.24) is 4.98 Å². The smallest absolute Gasteiger partial charge is 0.229 e. The molecule has 1 aromatic heterocycles. The molecule has 1 amide bonds. The molecule has 5 heteroatoms. The number of anilines is 1. The van der Waals surface area contributed by atoms with E-state index in [1.807, 2.05) is 25.1 Å². The van der Waals surface area contributed by atoms with Crippen molar-refractivity contribution in [2.75, 3.05) is 11.9 Å². The van der Waals surface area contributed by atoms with Crippen LogP contribution in [0, 0.1) is 5.92 Å². The van der Waals surface area contributed by atoms with Crippen molar-refractivity contribution in [1.29, 1.82) is 0 Å². The van der Waals surface area contributed by atoms with E-state index in [9.17, 15) is 4.79 Å². The summed E-state index contributed by atoms with van der Waals surface area (Å²) < 4.78 is 6.51. The van der Waals surface area contributed by atoms with Crippen molar-refractivity contribution in [2.24, 2.45) is 5.92 Å². The van der Waals surface area contributed by atoms with Crippen molar-refractivity contribution in [3.8, 4) is 5.75 Å². The van der Waals surface area contributed by atoms with Gasteiger partial charge in [-0.1, -0.05) is 23.5 Å². The predicted octanol–water partition coefficient (Wildman–Crippen LogP) is 3.99. The second kappa shape index (κ2) is 6.26. The van der Waals surface area contributed by atoms with Crippen LogP contribution in [0.25, 0.3) is 10.2 Å². The summed E-state index contributed by atoms with van der Waals surface area (Å²) in [5.74, 6) is 0.980. The van der Waals surface area contributed by atoms with Crippen LogP contribution in [-0.2, 0) is 4.79 Å². The summed E-state index contributed by atoms with van der Waals surface area (Å²) in [7, 11) is 0. The summed E-state index contributed by atoms with van der Waals surface area (Å²) >= 11 is 1.49. The van der Waals surface area contributed by atoms with Crippen LogP contribution in [0.5, 0.6) is 5.75 Å². The minimum Gasteiger partial charge on any atom is -0.494 e. The Morgan fingerprint density at radius 2 is 2.38 bits per heavy atom. The van der Waals surface area contributed by atoms with E-state index in [-0.39, 0.29) is 11.8 Å². The van der Waals surface area contributed by atoms with Crippen molar-refractivity contribution < 1.29 is 9.53 Å². The zero-order valence-electron chi connectivity index (χ0n) is 12.0. The number of amides is 1. The molecule has 4 nitrogen and oxygen atoms in total. The van der Waals surface area contributed by atoms with E-state index in [0.29, 0.717) is 11.7 Å². The van der Waals surface area contributed by atoms with Gasteiger partial charge in [-0.15, -0.1) is 0 Å². The van der Waals surface area contributed by atoms with Crippen LogP contribution in [0.3, 0.4) is 0 Å². The van der Waals surface area contributed by atoms with E-state index < -0.39 is 0 Å². The normalized spacial score (nSPS) is 17.9. The van der Waals surface area contributed by atoms with Crippen molar-refractivity contribution in [3.63, 3.8) is 0 Å². The summed E-state index contributed by atoms with van der Waals surface area (Å²) in [5.41, 5.74) is 0.891. The number of nitrogens with zero attached hydrogens (tertiary/aromatic N) is 1. The number of hydrogen-bond donors (Lipinski definition) is 1. The minimum absolute atomic E-state index is 0.0704. The van der Waals surface area contributed by atoms with Gasteiger partial charge in [0.15, 0.2) is 5.13 Å². The maximum atomic E-state index is 12.2. The van der Waals surface area contributed by atoms with E-state index in [1.54, 1.807) is 0 Å². The monoisotopic (exact) mass is 302 g/mol. The zero-order valence-corrected chi connectivity index (χ0v) is 12.8. The Balaban J connectivity index is 1.74. The third-order valence-electron chi connectivity index (χ3n) is 3.54. The number of rotatable bonds is 4. The Bertz CT molecular complexity index is 678. The van der Waals surface area contributed by atoms with Gasteiger partial charge in [-0.3, -0.25) is 4.79 Å². The number of allylic oxidation sites excluding steroid dienone is 2. The topological polar surface area (TPSA) is 51.2 Å². The zero-order chi connectivity index (χ0) is 14.7. The fourth-order valence-electron chi connectivity index (χ4n) is 2.45. The number of benzene rings is 1. The highest BCUT2D eigenvalue weighted by Crippen LogP contribution is 2.30. The van der Waals surface area contributed by atoms with Crippen molar-refractivity contribution >= 4 is 32.6 Å². The van der Waals surface area contributed by atoms with Gasteiger partial charge in [0, 0.05) is 5.92 Å². The number of fused-ring (bicyclic) bond motifs is 1. The highest BCUT2D eigenvalue weighted by Gasteiger charge is 2.19. The summed E-state index contributed by atoms with van der Waals surface area (Å²) in [6, 6.07) is 5.80. The SMILES string of the molecule is CCOc1ccc2nc(NC(=O)[C@@H]3CC=CCC3)sc2c1. The van der Waals surface area contributed by atoms with Gasteiger partial charge in [0.25, 0.3) is 0 Å². The highest BCUT2D eigenvalue weighted by molar-refractivity contribution is 7.22. The van der Waals surface area contributed by atoms with Crippen LogP contribution in [0.1, 0.15) is 26.2 Å². The van der Waals surface area contributed by atoms with Crippen molar-refractivity contribution in [2.45, 2.75) is 26.2 Å². The molecule has 110 valence electrons. The van der Waals surface area contributed by atoms with Gasteiger partial charge in [0.05, 0.1) is 16.8 Å². The van der Waals surface area contributed by atoms with E-state index in [4.69, 9.17) is 4.74 Å².